The van der Waals surface area contributed by atoms with E-state index in [1.165, 1.54) is 38.1 Å². The Morgan fingerprint density at radius 2 is 1.05 bits per heavy atom. The van der Waals surface area contributed by atoms with Crippen LogP contribution in [-0.2, 0) is 22.4 Å². The molecular formula is C29H22F6O4S2. The van der Waals surface area contributed by atoms with E-state index in [1.54, 1.807) is 12.1 Å². The van der Waals surface area contributed by atoms with Crippen LogP contribution in [-0.4, -0.2) is 39.9 Å². The van der Waals surface area contributed by atoms with Crippen molar-refractivity contribution < 1.29 is 46.1 Å². The largest absolute Gasteiger partial charge is 0.481 e. The number of fused-ring (bicyclic) bond motifs is 2. The molecule has 4 aromatic rings. The number of carboxylic acid groups (broad SMARTS) is 2. The van der Waals surface area contributed by atoms with Gasteiger partial charge in [0.25, 0.3) is 0 Å². The Balaban J connectivity index is 1.78. The number of carbonyl (C=O) groups is 2. The number of carboxylic acids is 2. The van der Waals surface area contributed by atoms with Gasteiger partial charge in [0.05, 0.1) is 0 Å². The number of aryl methyl sites for hydroxylation is 4. The lowest BCUT2D eigenvalue weighted by Crippen LogP contribution is -2.48. The summed E-state index contributed by atoms with van der Waals surface area (Å²) in [6, 6.07) is 8.85. The molecule has 0 amide bonds. The lowest BCUT2D eigenvalue weighted by Gasteiger charge is -2.26. The first-order valence-corrected chi connectivity index (χ1v) is 14.1. The van der Waals surface area contributed by atoms with Gasteiger partial charge in [-0.3, -0.25) is 9.59 Å². The maximum atomic E-state index is 15.7. The fourth-order valence-electron chi connectivity index (χ4n) is 5.35. The molecule has 2 N–H and O–H groups in total. The molecule has 1 aliphatic rings. The minimum atomic E-state index is -5.71. The highest BCUT2D eigenvalue weighted by Crippen LogP contribution is 2.67. The minimum Gasteiger partial charge on any atom is -0.481 e. The van der Waals surface area contributed by atoms with Gasteiger partial charge in [0.2, 0.25) is 0 Å². The van der Waals surface area contributed by atoms with Gasteiger partial charge in [-0.05, 0) is 49.9 Å². The van der Waals surface area contributed by atoms with Crippen LogP contribution in [0.2, 0.25) is 0 Å². The molecule has 2 aromatic carbocycles. The zero-order valence-electron chi connectivity index (χ0n) is 21.6. The molecule has 0 fully saturated rings. The van der Waals surface area contributed by atoms with Crippen LogP contribution in [0.1, 0.15) is 44.8 Å². The molecule has 4 nitrogen and oxygen atoms in total. The van der Waals surface area contributed by atoms with E-state index in [2.05, 4.69) is 0 Å². The summed E-state index contributed by atoms with van der Waals surface area (Å²) in [5.74, 6) is -18.2. The third-order valence-electron chi connectivity index (χ3n) is 7.28. The Kier molecular flexibility index (Phi) is 7.01. The highest BCUT2D eigenvalue weighted by Gasteiger charge is 2.80. The third kappa shape index (κ3) is 4.51. The summed E-state index contributed by atoms with van der Waals surface area (Å²) < 4.78 is 93.6. The molecule has 2 heterocycles. The van der Waals surface area contributed by atoms with Crippen molar-refractivity contribution in [3.8, 4) is 0 Å². The topological polar surface area (TPSA) is 74.6 Å². The second-order valence-corrected chi connectivity index (χ2v) is 12.5. The molecule has 41 heavy (non-hydrogen) atoms. The van der Waals surface area contributed by atoms with Crippen LogP contribution in [0, 0.1) is 13.8 Å². The number of rotatable bonds is 8. The summed E-state index contributed by atoms with van der Waals surface area (Å²) in [6.45, 7) is 2.80. The lowest BCUT2D eigenvalue weighted by molar-refractivity contribution is -0.254. The highest BCUT2D eigenvalue weighted by molar-refractivity contribution is 7.19. The van der Waals surface area contributed by atoms with Crippen LogP contribution in [0.15, 0.2) is 36.4 Å². The van der Waals surface area contributed by atoms with Crippen molar-refractivity contribution in [1.29, 1.82) is 0 Å². The molecule has 0 atom stereocenters. The van der Waals surface area contributed by atoms with E-state index in [9.17, 15) is 9.59 Å². The van der Waals surface area contributed by atoms with Gasteiger partial charge in [-0.15, -0.1) is 22.7 Å². The molecule has 0 bridgehead atoms. The van der Waals surface area contributed by atoms with Crippen molar-refractivity contribution in [1.82, 2.24) is 0 Å². The molecule has 0 saturated carbocycles. The zero-order chi connectivity index (χ0) is 30.1. The van der Waals surface area contributed by atoms with E-state index in [1.807, 2.05) is 0 Å². The quantitative estimate of drug-likeness (QED) is 0.196. The summed E-state index contributed by atoms with van der Waals surface area (Å²) in [5.41, 5.74) is -2.46. The third-order valence-corrected chi connectivity index (χ3v) is 9.42. The summed E-state index contributed by atoms with van der Waals surface area (Å²) in [7, 11) is 0. The van der Waals surface area contributed by atoms with Gasteiger partial charge in [0, 0.05) is 65.0 Å². The molecule has 5 rings (SSSR count). The Morgan fingerprint density at radius 1 is 0.683 bits per heavy atom. The number of alkyl halides is 6. The number of allylic oxidation sites excluding steroid dienone is 2. The number of halogens is 6. The Morgan fingerprint density at radius 3 is 1.39 bits per heavy atom. The van der Waals surface area contributed by atoms with Crippen LogP contribution in [0.4, 0.5) is 26.3 Å². The number of aliphatic carboxylic acids is 2. The standard InChI is InChI=1S/C29H22F6O4S2/c1-13-23(17-7-3-15(5-9-21(36)37)11-19(17)40-13)25-26(28(32,33)29(34,35)27(25,30)31)24-14(2)41-20-12-16(4-8-18(20)24)6-10-22(38)39/h3-4,7-8,11-12H,5-6,9-10H2,1-2H3,(H,36,37)(H,38,39). The molecule has 12 heteroatoms. The second-order valence-electron chi connectivity index (χ2n) is 9.99. The van der Waals surface area contributed by atoms with Crippen molar-refractivity contribution in [2.24, 2.45) is 0 Å². The van der Waals surface area contributed by atoms with Crippen molar-refractivity contribution in [3.05, 3.63) is 68.4 Å². The number of hydrogen-bond donors (Lipinski definition) is 2. The molecule has 2 aromatic heterocycles. The van der Waals surface area contributed by atoms with E-state index in [0.717, 1.165) is 22.7 Å². The van der Waals surface area contributed by atoms with Crippen LogP contribution in [0.5, 0.6) is 0 Å². The number of benzene rings is 2. The van der Waals surface area contributed by atoms with E-state index in [0.29, 0.717) is 20.5 Å². The SMILES string of the molecule is Cc1sc2cc(CCC(=O)O)ccc2c1C1=C(c2c(C)sc3cc(CCC(=O)O)ccc23)C(F)(F)C(F)(F)C1(F)F. The molecule has 0 spiro atoms. The number of thiophene rings is 2. The van der Waals surface area contributed by atoms with E-state index in [4.69, 9.17) is 10.2 Å². The monoisotopic (exact) mass is 612 g/mol. The first-order chi connectivity index (χ1) is 19.1. The van der Waals surface area contributed by atoms with E-state index >= 15 is 26.3 Å². The van der Waals surface area contributed by atoms with Crippen LogP contribution in [0.3, 0.4) is 0 Å². The van der Waals surface area contributed by atoms with Crippen LogP contribution in [0.25, 0.3) is 31.3 Å². The summed E-state index contributed by atoms with van der Waals surface area (Å²) >= 11 is 1.96. The molecule has 0 radical (unpaired) electrons. The molecule has 216 valence electrons. The maximum Gasteiger partial charge on any atom is 0.380 e. The fourth-order valence-corrected chi connectivity index (χ4v) is 7.62. The van der Waals surface area contributed by atoms with Gasteiger partial charge < -0.3 is 10.2 Å². The zero-order valence-corrected chi connectivity index (χ0v) is 23.2. The average molecular weight is 613 g/mol. The predicted molar refractivity (Wildman–Crippen MR) is 147 cm³/mol. The lowest BCUT2D eigenvalue weighted by atomic mass is 9.91. The van der Waals surface area contributed by atoms with Gasteiger partial charge in [-0.2, -0.15) is 26.3 Å². The van der Waals surface area contributed by atoms with Crippen molar-refractivity contribution in [2.75, 3.05) is 0 Å². The van der Waals surface area contributed by atoms with E-state index < -0.39 is 40.9 Å². The van der Waals surface area contributed by atoms with Gasteiger partial charge >= 0.3 is 29.7 Å². The smallest absolute Gasteiger partial charge is 0.380 e. The van der Waals surface area contributed by atoms with Gasteiger partial charge in [-0.1, -0.05) is 24.3 Å². The minimum absolute atomic E-state index is 0.0976. The fraction of sp³-hybridized carbons (Fsp3) is 0.310. The van der Waals surface area contributed by atoms with Crippen LogP contribution < -0.4 is 0 Å². The second kappa shape index (κ2) is 9.87. The molecule has 0 saturated heterocycles. The molecule has 0 aliphatic heterocycles. The highest BCUT2D eigenvalue weighted by atomic mass is 32.1. The van der Waals surface area contributed by atoms with Gasteiger partial charge in [0.1, 0.15) is 0 Å². The Hall–Kier alpha value is -3.38. The summed E-state index contributed by atoms with van der Waals surface area (Å²) in [6.07, 6.45) is -0.0766. The maximum absolute atomic E-state index is 15.7. The molecule has 1 aliphatic carbocycles. The predicted octanol–water partition coefficient (Wildman–Crippen LogP) is 8.60. The first-order valence-electron chi connectivity index (χ1n) is 12.4. The summed E-state index contributed by atoms with van der Waals surface area (Å²) in [4.78, 5) is 22.2. The average Bonchev–Trinajstić information content (AvgIpc) is 3.40. The van der Waals surface area contributed by atoms with Crippen molar-refractivity contribution in [3.63, 3.8) is 0 Å². The van der Waals surface area contributed by atoms with Crippen molar-refractivity contribution >= 4 is 65.9 Å². The van der Waals surface area contributed by atoms with Crippen LogP contribution >= 0.6 is 22.7 Å². The first kappa shape index (κ1) is 29.1. The van der Waals surface area contributed by atoms with Gasteiger partial charge in [0.15, 0.2) is 0 Å². The summed E-state index contributed by atoms with van der Waals surface area (Å²) in [5, 5.41) is 18.1. The number of hydrogen-bond acceptors (Lipinski definition) is 4. The molecular weight excluding hydrogens is 590 g/mol. The van der Waals surface area contributed by atoms with Crippen molar-refractivity contribution in [2.45, 2.75) is 57.3 Å². The normalized spacial score (nSPS) is 17.6. The Labute approximate surface area is 237 Å². The van der Waals surface area contributed by atoms with Gasteiger partial charge in [-0.25, -0.2) is 0 Å². The molecule has 0 unspecified atom stereocenters. The Bertz CT molecular complexity index is 1640. The van der Waals surface area contributed by atoms with E-state index in [-0.39, 0.29) is 57.3 Å².